The molecule has 1 fully saturated rings. The van der Waals surface area contributed by atoms with Crippen molar-refractivity contribution in [1.82, 2.24) is 5.32 Å². The lowest BCUT2D eigenvalue weighted by Crippen LogP contribution is -2.38. The van der Waals surface area contributed by atoms with E-state index in [0.717, 1.165) is 12.8 Å². The Hall–Kier alpha value is -1.50. The highest BCUT2D eigenvalue weighted by atomic mass is 16.6. The molecule has 0 aromatic heterocycles. The highest BCUT2D eigenvalue weighted by Gasteiger charge is 2.26. The molecular formula is C11H21NO6. The van der Waals surface area contributed by atoms with Crippen molar-refractivity contribution < 1.29 is 29.6 Å². The predicted molar refractivity (Wildman–Crippen MR) is 63.7 cm³/mol. The molecule has 0 bridgehead atoms. The number of rotatable bonds is 1. The summed E-state index contributed by atoms with van der Waals surface area (Å²) in [7, 11) is 0. The van der Waals surface area contributed by atoms with E-state index in [1.54, 1.807) is 0 Å². The van der Waals surface area contributed by atoms with Gasteiger partial charge in [0.15, 0.2) is 0 Å². The smallest absolute Gasteiger partial charge is 0.450 e. The number of carboxylic acid groups (broad SMARTS) is 2. The van der Waals surface area contributed by atoms with Gasteiger partial charge in [-0.15, -0.1) is 0 Å². The highest BCUT2D eigenvalue weighted by molar-refractivity contribution is 5.68. The topological polar surface area (TPSA) is 116 Å². The van der Waals surface area contributed by atoms with Crippen LogP contribution in [0.3, 0.4) is 0 Å². The second-order valence-corrected chi connectivity index (χ2v) is 5.09. The minimum absolute atomic E-state index is 0.0693. The van der Waals surface area contributed by atoms with E-state index in [1.807, 2.05) is 20.8 Å². The Bertz CT molecular complexity index is 282. The molecular weight excluding hydrogens is 242 g/mol. The molecule has 7 heteroatoms. The second kappa shape index (κ2) is 7.05. The number of aliphatic hydroxyl groups excluding tert-OH is 1. The average molecular weight is 263 g/mol. The highest BCUT2D eigenvalue weighted by Crippen LogP contribution is 2.19. The van der Waals surface area contributed by atoms with E-state index in [2.05, 4.69) is 5.32 Å². The normalized spacial score (nSPS) is 22.7. The van der Waals surface area contributed by atoms with Crippen molar-refractivity contribution in [2.45, 2.75) is 57.8 Å². The lowest BCUT2D eigenvalue weighted by Gasteiger charge is -2.21. The number of alkyl carbamates (subject to hydrolysis) is 1. The van der Waals surface area contributed by atoms with Crippen LogP contribution in [0, 0.1) is 0 Å². The number of carbonyl (C=O) groups excluding carboxylic acids is 1. The van der Waals surface area contributed by atoms with Crippen LogP contribution in [-0.2, 0) is 4.74 Å². The van der Waals surface area contributed by atoms with Crippen LogP contribution in [0.2, 0.25) is 0 Å². The SMILES string of the molecule is CC(C)(C)OC(=O)NC1CCC(O)C1.O=C(O)O. The molecule has 4 N–H and O–H groups in total. The fourth-order valence-electron chi connectivity index (χ4n) is 1.56. The third kappa shape index (κ3) is 9.71. The van der Waals surface area contributed by atoms with Gasteiger partial charge in [0, 0.05) is 6.04 Å². The van der Waals surface area contributed by atoms with E-state index in [1.165, 1.54) is 0 Å². The molecule has 0 radical (unpaired) electrons. The molecule has 1 aliphatic carbocycles. The summed E-state index contributed by atoms with van der Waals surface area (Å²) in [6, 6.07) is 0.0693. The molecule has 1 aliphatic rings. The van der Waals surface area contributed by atoms with Crippen molar-refractivity contribution in [3.63, 3.8) is 0 Å². The van der Waals surface area contributed by atoms with Crippen molar-refractivity contribution in [3.8, 4) is 0 Å². The monoisotopic (exact) mass is 263 g/mol. The van der Waals surface area contributed by atoms with E-state index in [4.69, 9.17) is 19.7 Å². The van der Waals surface area contributed by atoms with Gasteiger partial charge in [0.2, 0.25) is 0 Å². The van der Waals surface area contributed by atoms with E-state index in [0.29, 0.717) is 6.42 Å². The molecule has 2 atom stereocenters. The van der Waals surface area contributed by atoms with Gasteiger partial charge in [0.05, 0.1) is 6.10 Å². The quantitative estimate of drug-likeness (QED) is 0.571. The Morgan fingerprint density at radius 3 is 2.06 bits per heavy atom. The van der Waals surface area contributed by atoms with Gasteiger partial charge in [0.25, 0.3) is 0 Å². The molecule has 1 rings (SSSR count). The third-order valence-corrected chi connectivity index (χ3v) is 2.13. The molecule has 0 aromatic rings. The fourth-order valence-corrected chi connectivity index (χ4v) is 1.56. The van der Waals surface area contributed by atoms with Gasteiger partial charge in [-0.3, -0.25) is 0 Å². The minimum Gasteiger partial charge on any atom is -0.450 e. The van der Waals surface area contributed by atoms with E-state index >= 15 is 0 Å². The minimum atomic E-state index is -1.83. The number of aliphatic hydroxyl groups is 1. The largest absolute Gasteiger partial charge is 0.503 e. The number of ether oxygens (including phenoxy) is 1. The van der Waals surface area contributed by atoms with Gasteiger partial charge in [-0.2, -0.15) is 0 Å². The van der Waals surface area contributed by atoms with Gasteiger partial charge < -0.3 is 25.4 Å². The summed E-state index contributed by atoms with van der Waals surface area (Å²) in [6.45, 7) is 5.49. The van der Waals surface area contributed by atoms with Gasteiger partial charge in [0.1, 0.15) is 5.60 Å². The van der Waals surface area contributed by atoms with Crippen molar-refractivity contribution in [3.05, 3.63) is 0 Å². The number of amides is 1. The molecule has 0 aliphatic heterocycles. The van der Waals surface area contributed by atoms with Gasteiger partial charge in [-0.25, -0.2) is 9.59 Å². The molecule has 2 unspecified atom stereocenters. The summed E-state index contributed by atoms with van der Waals surface area (Å²) in [4.78, 5) is 19.9. The first-order chi connectivity index (χ1) is 8.10. The Balaban J connectivity index is 0.000000631. The second-order valence-electron chi connectivity index (χ2n) is 5.09. The van der Waals surface area contributed by atoms with Crippen molar-refractivity contribution >= 4 is 12.2 Å². The van der Waals surface area contributed by atoms with Crippen LogP contribution in [-0.4, -0.2) is 45.3 Å². The van der Waals surface area contributed by atoms with Crippen LogP contribution in [0.25, 0.3) is 0 Å². The molecule has 18 heavy (non-hydrogen) atoms. The van der Waals surface area contributed by atoms with Crippen LogP contribution >= 0.6 is 0 Å². The maximum absolute atomic E-state index is 11.3. The zero-order valence-corrected chi connectivity index (χ0v) is 10.8. The van der Waals surface area contributed by atoms with Crippen LogP contribution < -0.4 is 5.32 Å². The standard InChI is InChI=1S/C10H19NO3.CH2O3/c1-10(2,3)14-9(13)11-7-4-5-8(12)6-7;2-1(3)4/h7-8,12H,4-6H2,1-3H3,(H,11,13);(H2,2,3,4). The summed E-state index contributed by atoms with van der Waals surface area (Å²) in [5.74, 6) is 0. The van der Waals surface area contributed by atoms with Crippen LogP contribution in [0.15, 0.2) is 0 Å². The lowest BCUT2D eigenvalue weighted by atomic mass is 10.2. The van der Waals surface area contributed by atoms with Gasteiger partial charge in [-0.05, 0) is 40.0 Å². The number of hydrogen-bond donors (Lipinski definition) is 4. The Morgan fingerprint density at radius 1 is 1.22 bits per heavy atom. The number of hydrogen-bond acceptors (Lipinski definition) is 4. The molecule has 106 valence electrons. The van der Waals surface area contributed by atoms with E-state index in [9.17, 15) is 9.90 Å². The molecule has 7 nitrogen and oxygen atoms in total. The summed E-state index contributed by atoms with van der Waals surface area (Å²) >= 11 is 0. The maximum atomic E-state index is 11.3. The van der Waals surface area contributed by atoms with Crippen molar-refractivity contribution in [2.75, 3.05) is 0 Å². The Morgan fingerprint density at radius 2 is 1.72 bits per heavy atom. The summed E-state index contributed by atoms with van der Waals surface area (Å²) in [5.41, 5.74) is -0.457. The zero-order valence-electron chi connectivity index (χ0n) is 10.8. The lowest BCUT2D eigenvalue weighted by molar-refractivity contribution is 0.0502. The summed E-state index contributed by atoms with van der Waals surface area (Å²) in [5, 5.41) is 25.9. The number of carbonyl (C=O) groups is 2. The first-order valence-electron chi connectivity index (χ1n) is 5.69. The molecule has 0 spiro atoms. The molecule has 1 saturated carbocycles. The van der Waals surface area contributed by atoms with Crippen molar-refractivity contribution in [2.24, 2.45) is 0 Å². The molecule has 0 heterocycles. The van der Waals surface area contributed by atoms with Crippen LogP contribution in [0.5, 0.6) is 0 Å². The van der Waals surface area contributed by atoms with Crippen LogP contribution in [0.4, 0.5) is 9.59 Å². The predicted octanol–water partition coefficient (Wildman–Crippen LogP) is 1.65. The van der Waals surface area contributed by atoms with Crippen LogP contribution in [0.1, 0.15) is 40.0 Å². The first-order valence-corrected chi connectivity index (χ1v) is 5.69. The van der Waals surface area contributed by atoms with Crippen molar-refractivity contribution in [1.29, 1.82) is 0 Å². The first kappa shape index (κ1) is 16.5. The summed E-state index contributed by atoms with van der Waals surface area (Å²) < 4.78 is 5.10. The van der Waals surface area contributed by atoms with E-state index in [-0.39, 0.29) is 12.1 Å². The van der Waals surface area contributed by atoms with Gasteiger partial charge in [-0.1, -0.05) is 0 Å². The number of nitrogens with one attached hydrogen (secondary N) is 1. The molecule has 0 saturated heterocycles. The third-order valence-electron chi connectivity index (χ3n) is 2.13. The zero-order chi connectivity index (χ0) is 14.3. The molecule has 1 amide bonds. The molecule has 0 aromatic carbocycles. The Labute approximate surface area is 106 Å². The Kier molecular flexibility index (Phi) is 6.46. The van der Waals surface area contributed by atoms with Gasteiger partial charge >= 0.3 is 12.2 Å². The van der Waals surface area contributed by atoms with E-state index < -0.39 is 17.8 Å². The summed E-state index contributed by atoms with van der Waals surface area (Å²) in [6.07, 6.45) is -0.258. The maximum Gasteiger partial charge on any atom is 0.503 e. The fraction of sp³-hybridized carbons (Fsp3) is 0.818. The average Bonchev–Trinajstić information content (AvgIpc) is 2.45.